The van der Waals surface area contributed by atoms with Crippen molar-refractivity contribution in [3.05, 3.63) is 225 Å². The van der Waals surface area contributed by atoms with Crippen LogP contribution in [0.5, 0.6) is 0 Å². The molecule has 14 aromatic rings. The standard InChI is InChI=1S/C60H37N9/c1-4-15-38(16-5-1)49-36-50(39-17-6-2-7-18-39)65-60(64-49)68-52-24-13-11-22-45(52)47-33-40(27-30-53(47)68)41-26-29-46-44-21-10-12-23-51(44)69(56(46)35-41)59-63-37-62-58(66-59)42-28-31-54-48(34-42)57-55(25-14-32-61-57)67(54)43-19-8-3-9-20-43/h1-37H. The molecule has 8 aromatic carbocycles. The van der Waals surface area contributed by atoms with Crippen molar-refractivity contribution >= 4 is 65.5 Å². The number of benzene rings is 8. The number of pyridine rings is 1. The predicted molar refractivity (Wildman–Crippen MR) is 278 cm³/mol. The molecule has 0 atom stereocenters. The molecule has 9 nitrogen and oxygen atoms in total. The largest absolute Gasteiger partial charge is 0.308 e. The second-order valence-corrected chi connectivity index (χ2v) is 17.2. The van der Waals surface area contributed by atoms with Crippen LogP contribution in [0, 0.1) is 0 Å². The third-order valence-electron chi connectivity index (χ3n) is 13.3. The first-order valence-corrected chi connectivity index (χ1v) is 22.9. The fourth-order valence-corrected chi connectivity index (χ4v) is 10.1. The van der Waals surface area contributed by atoms with Crippen molar-refractivity contribution < 1.29 is 0 Å². The van der Waals surface area contributed by atoms with Crippen molar-refractivity contribution in [2.45, 2.75) is 0 Å². The molecule has 0 radical (unpaired) electrons. The second kappa shape index (κ2) is 15.5. The van der Waals surface area contributed by atoms with Gasteiger partial charge in [-0.05, 0) is 90.0 Å². The molecule has 0 amide bonds. The van der Waals surface area contributed by atoms with Gasteiger partial charge in [0.05, 0.1) is 50.0 Å². The molecule has 0 unspecified atom stereocenters. The Bertz CT molecular complexity index is 4250. The fourth-order valence-electron chi connectivity index (χ4n) is 10.1. The Morgan fingerprint density at radius 3 is 1.55 bits per heavy atom. The number of para-hydroxylation sites is 3. The molecule has 322 valence electrons. The molecule has 0 saturated carbocycles. The van der Waals surface area contributed by atoms with E-state index in [9.17, 15) is 0 Å². The summed E-state index contributed by atoms with van der Waals surface area (Å²) in [6, 6.07) is 73.9. The molecule has 0 bridgehead atoms. The van der Waals surface area contributed by atoms with Crippen LogP contribution in [0.15, 0.2) is 225 Å². The highest BCUT2D eigenvalue weighted by molar-refractivity contribution is 6.12. The number of hydrogen-bond donors (Lipinski definition) is 0. The molecule has 14 rings (SSSR count). The van der Waals surface area contributed by atoms with Crippen molar-refractivity contribution in [1.29, 1.82) is 0 Å². The van der Waals surface area contributed by atoms with Gasteiger partial charge in [-0.2, -0.15) is 4.98 Å². The zero-order valence-electron chi connectivity index (χ0n) is 36.9. The minimum Gasteiger partial charge on any atom is -0.308 e. The average molecular weight is 884 g/mol. The minimum atomic E-state index is 0.541. The summed E-state index contributed by atoms with van der Waals surface area (Å²) in [5, 5.41) is 5.49. The van der Waals surface area contributed by atoms with Crippen LogP contribution >= 0.6 is 0 Å². The molecule has 0 aliphatic rings. The Labute approximate surface area is 394 Å². The predicted octanol–water partition coefficient (Wildman–Crippen LogP) is 14.0. The van der Waals surface area contributed by atoms with E-state index in [2.05, 4.69) is 177 Å². The van der Waals surface area contributed by atoms with Gasteiger partial charge in [0, 0.05) is 55.5 Å². The lowest BCUT2D eigenvalue weighted by atomic mass is 10.0. The number of fused-ring (bicyclic) bond motifs is 9. The van der Waals surface area contributed by atoms with Gasteiger partial charge in [0.25, 0.3) is 0 Å². The van der Waals surface area contributed by atoms with E-state index >= 15 is 0 Å². The van der Waals surface area contributed by atoms with Crippen molar-refractivity contribution in [2.75, 3.05) is 0 Å². The molecule has 0 N–H and O–H groups in total. The summed E-state index contributed by atoms with van der Waals surface area (Å²) < 4.78 is 6.61. The minimum absolute atomic E-state index is 0.541. The number of hydrogen-bond acceptors (Lipinski definition) is 6. The maximum absolute atomic E-state index is 5.24. The highest BCUT2D eigenvalue weighted by Crippen LogP contribution is 2.39. The van der Waals surface area contributed by atoms with Gasteiger partial charge in [-0.25, -0.2) is 19.9 Å². The van der Waals surface area contributed by atoms with Crippen LogP contribution in [0.1, 0.15) is 0 Å². The Kier molecular flexibility index (Phi) is 8.68. The van der Waals surface area contributed by atoms with Crippen LogP contribution in [0.3, 0.4) is 0 Å². The maximum atomic E-state index is 5.24. The van der Waals surface area contributed by atoms with Crippen molar-refractivity contribution in [3.8, 4) is 62.6 Å². The van der Waals surface area contributed by atoms with Gasteiger partial charge in [-0.15, -0.1) is 0 Å². The highest BCUT2D eigenvalue weighted by atomic mass is 15.2. The van der Waals surface area contributed by atoms with Crippen LogP contribution in [-0.2, 0) is 0 Å². The molecule has 69 heavy (non-hydrogen) atoms. The summed E-state index contributed by atoms with van der Waals surface area (Å²) in [6.07, 6.45) is 3.46. The smallest absolute Gasteiger partial charge is 0.238 e. The number of nitrogens with zero attached hydrogens (tertiary/aromatic N) is 9. The Morgan fingerprint density at radius 1 is 0.290 bits per heavy atom. The van der Waals surface area contributed by atoms with E-state index in [0.717, 1.165) is 110 Å². The number of rotatable bonds is 7. The molecule has 0 spiro atoms. The quantitative estimate of drug-likeness (QED) is 0.158. The van der Waals surface area contributed by atoms with Crippen LogP contribution in [0.4, 0.5) is 0 Å². The molecule has 0 aliphatic carbocycles. The first-order chi connectivity index (χ1) is 34.2. The molecule has 0 saturated heterocycles. The summed E-state index contributed by atoms with van der Waals surface area (Å²) in [5.41, 5.74) is 15.0. The van der Waals surface area contributed by atoms with E-state index in [-0.39, 0.29) is 0 Å². The van der Waals surface area contributed by atoms with Crippen molar-refractivity contribution in [3.63, 3.8) is 0 Å². The Hall–Kier alpha value is -9.60. The second-order valence-electron chi connectivity index (χ2n) is 17.2. The van der Waals surface area contributed by atoms with E-state index in [4.69, 9.17) is 29.9 Å². The summed E-state index contributed by atoms with van der Waals surface area (Å²) in [4.78, 5) is 30.1. The van der Waals surface area contributed by atoms with Gasteiger partial charge in [0.1, 0.15) is 6.33 Å². The first-order valence-electron chi connectivity index (χ1n) is 22.9. The van der Waals surface area contributed by atoms with Crippen molar-refractivity contribution in [2.24, 2.45) is 0 Å². The van der Waals surface area contributed by atoms with Crippen LogP contribution in [-0.4, -0.2) is 43.6 Å². The monoisotopic (exact) mass is 883 g/mol. The summed E-state index contributed by atoms with van der Waals surface area (Å²) >= 11 is 0. The van der Waals surface area contributed by atoms with Gasteiger partial charge < -0.3 is 4.57 Å². The summed E-state index contributed by atoms with van der Waals surface area (Å²) in [7, 11) is 0. The van der Waals surface area contributed by atoms with Gasteiger partial charge in [0.15, 0.2) is 5.82 Å². The van der Waals surface area contributed by atoms with Gasteiger partial charge in [-0.1, -0.05) is 133 Å². The lowest BCUT2D eigenvalue weighted by Gasteiger charge is -2.12. The Balaban J connectivity index is 0.904. The van der Waals surface area contributed by atoms with E-state index in [0.29, 0.717) is 17.7 Å². The van der Waals surface area contributed by atoms with Crippen LogP contribution < -0.4 is 0 Å². The zero-order valence-corrected chi connectivity index (χ0v) is 36.9. The van der Waals surface area contributed by atoms with E-state index in [1.807, 2.05) is 54.7 Å². The van der Waals surface area contributed by atoms with Gasteiger partial charge >= 0.3 is 0 Å². The fraction of sp³-hybridized carbons (Fsp3) is 0. The molecule has 6 heterocycles. The number of aromatic nitrogens is 9. The van der Waals surface area contributed by atoms with E-state index in [1.165, 1.54) is 0 Å². The van der Waals surface area contributed by atoms with Crippen LogP contribution in [0.2, 0.25) is 0 Å². The third kappa shape index (κ3) is 6.25. The van der Waals surface area contributed by atoms with Crippen LogP contribution in [0.25, 0.3) is 128 Å². The highest BCUT2D eigenvalue weighted by Gasteiger charge is 2.21. The topological polar surface area (TPSA) is 92.1 Å². The molecule has 0 fully saturated rings. The lowest BCUT2D eigenvalue weighted by Crippen LogP contribution is -2.04. The zero-order chi connectivity index (χ0) is 45.4. The molecular weight excluding hydrogens is 847 g/mol. The van der Waals surface area contributed by atoms with Gasteiger partial charge in [-0.3, -0.25) is 14.1 Å². The summed E-state index contributed by atoms with van der Waals surface area (Å²) in [6.45, 7) is 0. The van der Waals surface area contributed by atoms with E-state index < -0.39 is 0 Å². The third-order valence-corrected chi connectivity index (χ3v) is 13.3. The lowest BCUT2D eigenvalue weighted by molar-refractivity contribution is 0.947. The first kappa shape index (κ1) is 38.6. The normalized spacial score (nSPS) is 11.8. The molecular formula is C60H37N9. The Morgan fingerprint density at radius 2 is 0.826 bits per heavy atom. The molecule has 0 aliphatic heterocycles. The summed E-state index contributed by atoms with van der Waals surface area (Å²) in [5.74, 6) is 1.74. The maximum Gasteiger partial charge on any atom is 0.238 e. The van der Waals surface area contributed by atoms with Gasteiger partial charge in [0.2, 0.25) is 11.9 Å². The average Bonchev–Trinajstić information content (AvgIpc) is 4.06. The molecule has 6 aromatic heterocycles. The molecule has 9 heteroatoms. The van der Waals surface area contributed by atoms with E-state index in [1.54, 1.807) is 6.33 Å². The SMILES string of the molecule is c1ccc(-c2cc(-c3ccccc3)nc(-n3c4ccccc4c4cc(-c5ccc6c7ccccc7n(-c7ncnc(-c8ccc9c(c8)c8ncccc8n9-c8ccccc8)n7)c6c5)ccc43)n2)cc1. The van der Waals surface area contributed by atoms with Crippen molar-refractivity contribution in [1.82, 2.24) is 43.6 Å².